The van der Waals surface area contributed by atoms with E-state index in [-0.39, 0.29) is 39.4 Å². The Bertz CT molecular complexity index is 1090. The van der Waals surface area contributed by atoms with Gasteiger partial charge in [-0.2, -0.15) is 0 Å². The zero-order chi connectivity index (χ0) is 22.5. The third kappa shape index (κ3) is 5.94. The molecule has 1 atom stereocenters. The van der Waals surface area contributed by atoms with Gasteiger partial charge >= 0.3 is 5.97 Å². The molecule has 0 aromatic heterocycles. The predicted octanol–water partition coefficient (Wildman–Crippen LogP) is 3.97. The molecule has 2 aromatic carbocycles. The van der Waals surface area contributed by atoms with Gasteiger partial charge in [-0.05, 0) is 31.2 Å². The molecule has 2 aromatic rings. The van der Waals surface area contributed by atoms with Gasteiger partial charge in [0.25, 0.3) is 5.69 Å². The smallest absolute Gasteiger partial charge is 0.328 e. The lowest BCUT2D eigenvalue weighted by molar-refractivity contribution is -0.384. The number of hydrogen-bond donors (Lipinski definition) is 1. The van der Waals surface area contributed by atoms with Gasteiger partial charge in [0.2, 0.25) is 0 Å². The van der Waals surface area contributed by atoms with E-state index in [0.717, 1.165) is 6.26 Å². The summed E-state index contributed by atoms with van der Waals surface area (Å²) in [6, 6.07) is 6.96. The Morgan fingerprint density at radius 3 is 2.60 bits per heavy atom. The summed E-state index contributed by atoms with van der Waals surface area (Å²) in [5.41, 5.74) is -0.242. The molecule has 0 spiro atoms. The van der Waals surface area contributed by atoms with E-state index in [1.54, 1.807) is 0 Å². The molecule has 0 aliphatic rings. The van der Waals surface area contributed by atoms with E-state index in [1.807, 2.05) is 0 Å². The molecule has 0 amide bonds. The van der Waals surface area contributed by atoms with Crippen LogP contribution in [0.3, 0.4) is 0 Å². The van der Waals surface area contributed by atoms with Crippen molar-refractivity contribution in [3.8, 4) is 11.5 Å². The zero-order valence-electron chi connectivity index (χ0n) is 16.1. The summed E-state index contributed by atoms with van der Waals surface area (Å²) in [5.74, 6) is -0.277. The number of rotatable bonds is 9. The van der Waals surface area contributed by atoms with Crippen LogP contribution in [-0.2, 0) is 19.4 Å². The van der Waals surface area contributed by atoms with E-state index in [9.17, 15) is 23.3 Å². The van der Waals surface area contributed by atoms with E-state index < -0.39 is 26.8 Å². The van der Waals surface area contributed by atoms with Gasteiger partial charge in [0.1, 0.15) is 29.8 Å². The first-order chi connectivity index (χ1) is 14.0. The van der Waals surface area contributed by atoms with Crippen molar-refractivity contribution in [1.82, 2.24) is 0 Å². The van der Waals surface area contributed by atoms with Crippen LogP contribution < -0.4 is 10.1 Å². The average molecular weight is 455 g/mol. The number of ether oxygens (including phenoxy) is 2. The summed E-state index contributed by atoms with van der Waals surface area (Å²) >= 11 is 6.10. The number of sulfone groups is 1. The van der Waals surface area contributed by atoms with Crippen LogP contribution >= 0.6 is 11.6 Å². The lowest BCUT2D eigenvalue weighted by Crippen LogP contribution is -2.28. The third-order valence-electron chi connectivity index (χ3n) is 3.79. The summed E-state index contributed by atoms with van der Waals surface area (Å²) in [7, 11) is -3.44. The number of nitro groups is 1. The van der Waals surface area contributed by atoms with Crippen LogP contribution in [0.4, 0.5) is 11.4 Å². The van der Waals surface area contributed by atoms with Crippen LogP contribution in [0.15, 0.2) is 53.9 Å². The van der Waals surface area contributed by atoms with Crippen molar-refractivity contribution in [2.75, 3.05) is 18.2 Å². The highest BCUT2D eigenvalue weighted by Crippen LogP contribution is 2.35. The highest BCUT2D eigenvalue weighted by molar-refractivity contribution is 7.90. The molecular weight excluding hydrogens is 436 g/mol. The fraction of sp³-hybridized carbons (Fsp3) is 0.211. The fourth-order valence-electron chi connectivity index (χ4n) is 2.33. The summed E-state index contributed by atoms with van der Waals surface area (Å²) in [6.07, 6.45) is 2.45. The van der Waals surface area contributed by atoms with Crippen LogP contribution in [0.1, 0.15) is 6.92 Å². The molecule has 11 heteroatoms. The summed E-state index contributed by atoms with van der Waals surface area (Å²) in [4.78, 5) is 22.7. The minimum Gasteiger partial charge on any atom is -0.460 e. The molecule has 1 N–H and O–H groups in total. The Morgan fingerprint density at radius 2 is 2.03 bits per heavy atom. The quantitative estimate of drug-likeness (QED) is 0.261. The van der Waals surface area contributed by atoms with Crippen LogP contribution in [0.5, 0.6) is 11.5 Å². The number of halogens is 1. The van der Waals surface area contributed by atoms with Crippen molar-refractivity contribution < 1.29 is 27.6 Å². The molecule has 0 saturated heterocycles. The topological polar surface area (TPSA) is 125 Å². The Hall–Kier alpha value is -3.11. The Balaban J connectivity index is 2.30. The monoisotopic (exact) mass is 454 g/mol. The lowest BCUT2D eigenvalue weighted by atomic mass is 10.2. The predicted molar refractivity (Wildman–Crippen MR) is 112 cm³/mol. The summed E-state index contributed by atoms with van der Waals surface area (Å²) < 4.78 is 33.8. The van der Waals surface area contributed by atoms with E-state index >= 15 is 0 Å². The number of hydrogen-bond acceptors (Lipinski definition) is 8. The molecule has 1 unspecified atom stereocenters. The largest absolute Gasteiger partial charge is 0.460 e. The number of esters is 1. The molecule has 0 aliphatic carbocycles. The molecule has 0 fully saturated rings. The standard InChI is InChI=1S/C19H19ClN2O7S/c1-4-9-28-19(23)12(2)21-16-10-13(5-7-17(16)22(24)25)29-18-8-6-14(11-15(18)20)30(3,26)27/h4-8,10-12,21H,1,9H2,2-3H3. The molecule has 0 radical (unpaired) electrons. The Labute approximate surface area is 178 Å². The number of nitrogens with zero attached hydrogens (tertiary/aromatic N) is 1. The molecule has 0 heterocycles. The van der Waals surface area contributed by atoms with Crippen molar-refractivity contribution in [2.24, 2.45) is 0 Å². The minimum absolute atomic E-state index is 0.0120. The van der Waals surface area contributed by atoms with Crippen molar-refractivity contribution in [2.45, 2.75) is 17.9 Å². The first-order valence-corrected chi connectivity index (χ1v) is 10.8. The van der Waals surface area contributed by atoms with Gasteiger partial charge in [-0.3, -0.25) is 10.1 Å². The number of anilines is 1. The number of benzene rings is 2. The number of nitrogens with one attached hydrogen (secondary N) is 1. The molecule has 30 heavy (non-hydrogen) atoms. The van der Waals surface area contributed by atoms with Gasteiger partial charge in [-0.15, -0.1) is 0 Å². The second-order valence-corrected chi connectivity index (χ2v) is 8.61. The van der Waals surface area contributed by atoms with Crippen molar-refractivity contribution in [1.29, 1.82) is 0 Å². The second-order valence-electron chi connectivity index (χ2n) is 6.19. The van der Waals surface area contributed by atoms with Crippen LogP contribution in [0.25, 0.3) is 0 Å². The van der Waals surface area contributed by atoms with Crippen molar-refractivity contribution >= 4 is 38.8 Å². The third-order valence-corrected chi connectivity index (χ3v) is 5.20. The molecule has 160 valence electrons. The van der Waals surface area contributed by atoms with Gasteiger partial charge in [0, 0.05) is 18.4 Å². The number of carbonyl (C=O) groups is 1. The van der Waals surface area contributed by atoms with Gasteiger partial charge in [0.15, 0.2) is 9.84 Å². The van der Waals surface area contributed by atoms with Gasteiger partial charge in [0.05, 0.1) is 14.8 Å². The van der Waals surface area contributed by atoms with E-state index in [2.05, 4.69) is 11.9 Å². The highest BCUT2D eigenvalue weighted by Gasteiger charge is 2.21. The second kappa shape index (κ2) is 9.59. The number of nitro benzene ring substituents is 1. The van der Waals surface area contributed by atoms with E-state index in [0.29, 0.717) is 0 Å². The Kier molecular flexibility index (Phi) is 7.41. The normalized spacial score (nSPS) is 12.0. The SMILES string of the molecule is C=CCOC(=O)C(C)Nc1cc(Oc2ccc(S(C)(=O)=O)cc2Cl)ccc1[N+](=O)[O-]. The lowest BCUT2D eigenvalue weighted by Gasteiger charge is -2.15. The van der Waals surface area contributed by atoms with Crippen LogP contribution in [-0.4, -0.2) is 38.2 Å². The molecule has 2 rings (SSSR count). The maximum absolute atomic E-state index is 11.9. The summed E-state index contributed by atoms with van der Waals surface area (Å²) in [6.45, 7) is 4.94. The van der Waals surface area contributed by atoms with Crippen molar-refractivity contribution in [3.63, 3.8) is 0 Å². The van der Waals surface area contributed by atoms with Crippen LogP contribution in [0, 0.1) is 10.1 Å². The van der Waals surface area contributed by atoms with Crippen molar-refractivity contribution in [3.05, 3.63) is 64.2 Å². The van der Waals surface area contributed by atoms with Crippen LogP contribution in [0.2, 0.25) is 5.02 Å². The maximum Gasteiger partial charge on any atom is 0.328 e. The molecule has 9 nitrogen and oxygen atoms in total. The zero-order valence-corrected chi connectivity index (χ0v) is 17.7. The molecule has 0 saturated carbocycles. The van der Waals surface area contributed by atoms with Gasteiger partial charge in [-0.25, -0.2) is 13.2 Å². The first kappa shape index (κ1) is 23.2. The minimum atomic E-state index is -3.44. The Morgan fingerprint density at radius 1 is 1.33 bits per heavy atom. The highest BCUT2D eigenvalue weighted by atomic mass is 35.5. The molecule has 0 bridgehead atoms. The van der Waals surface area contributed by atoms with E-state index in [4.69, 9.17) is 21.1 Å². The first-order valence-electron chi connectivity index (χ1n) is 8.53. The molecule has 0 aliphatic heterocycles. The van der Waals surface area contributed by atoms with E-state index in [1.165, 1.54) is 49.4 Å². The maximum atomic E-state index is 11.9. The summed E-state index contributed by atoms with van der Waals surface area (Å²) in [5, 5.41) is 14.1. The number of carbonyl (C=O) groups excluding carboxylic acids is 1. The molecular formula is C19H19ClN2O7S. The van der Waals surface area contributed by atoms with Gasteiger partial charge < -0.3 is 14.8 Å². The van der Waals surface area contributed by atoms with Gasteiger partial charge in [-0.1, -0.05) is 24.3 Å². The average Bonchev–Trinajstić information content (AvgIpc) is 2.66. The fourth-order valence-corrected chi connectivity index (χ4v) is 3.26.